The first-order chi connectivity index (χ1) is 12.9. The highest BCUT2D eigenvalue weighted by Gasteiger charge is 2.51. The van der Waals surface area contributed by atoms with Crippen molar-refractivity contribution >= 4 is 17.9 Å². The first kappa shape index (κ1) is 18.5. The molecule has 0 spiro atoms. The van der Waals surface area contributed by atoms with Gasteiger partial charge >= 0.3 is 12.0 Å². The standard InChI is InChI=1S/C19H20N2O6/c1-4-19(12-5-7-13(25-2)8-6-12)17(23)21(18(24)20-19)11-14-9-10-15(27-14)16(22)26-3/h5-10H,4,11H2,1-3H3,(H,20,24)/t19-/m1/s1. The molecule has 1 aliphatic rings. The van der Waals surface area contributed by atoms with Gasteiger partial charge in [0.2, 0.25) is 5.76 Å². The third-order valence-electron chi connectivity index (χ3n) is 4.65. The SMILES string of the molecule is CC[C@]1(c2ccc(OC)cc2)NC(=O)N(Cc2ccc(C(=O)OC)o2)C1=O. The number of methoxy groups -OCH3 is 2. The number of ether oxygens (including phenoxy) is 2. The fourth-order valence-corrected chi connectivity index (χ4v) is 3.11. The summed E-state index contributed by atoms with van der Waals surface area (Å²) in [6.45, 7) is 1.74. The highest BCUT2D eigenvalue weighted by Crippen LogP contribution is 2.34. The highest BCUT2D eigenvalue weighted by molar-refractivity contribution is 6.07. The van der Waals surface area contributed by atoms with Gasteiger partial charge in [-0.2, -0.15) is 0 Å². The Labute approximate surface area is 156 Å². The number of esters is 1. The number of amides is 3. The predicted octanol–water partition coefficient (Wildman–Crippen LogP) is 2.43. The van der Waals surface area contributed by atoms with Gasteiger partial charge in [-0.05, 0) is 36.2 Å². The number of urea groups is 1. The minimum absolute atomic E-state index is 0.0106. The lowest BCUT2D eigenvalue weighted by Crippen LogP contribution is -2.43. The molecule has 142 valence electrons. The van der Waals surface area contributed by atoms with E-state index in [9.17, 15) is 14.4 Å². The zero-order chi connectivity index (χ0) is 19.6. The summed E-state index contributed by atoms with van der Waals surface area (Å²) >= 11 is 0. The molecule has 0 bridgehead atoms. The molecule has 1 N–H and O–H groups in total. The Morgan fingerprint density at radius 1 is 1.15 bits per heavy atom. The van der Waals surface area contributed by atoms with Gasteiger partial charge in [0.15, 0.2) is 0 Å². The molecule has 2 heterocycles. The van der Waals surface area contributed by atoms with Crippen molar-refractivity contribution in [1.29, 1.82) is 0 Å². The largest absolute Gasteiger partial charge is 0.497 e. The van der Waals surface area contributed by atoms with Crippen LogP contribution in [-0.2, 0) is 21.6 Å². The van der Waals surface area contributed by atoms with Gasteiger partial charge in [-0.1, -0.05) is 19.1 Å². The van der Waals surface area contributed by atoms with E-state index in [1.165, 1.54) is 19.2 Å². The van der Waals surface area contributed by atoms with Gasteiger partial charge in [-0.15, -0.1) is 0 Å². The highest BCUT2D eigenvalue weighted by atomic mass is 16.5. The maximum atomic E-state index is 13.1. The molecule has 0 radical (unpaired) electrons. The molecule has 8 heteroatoms. The molecule has 3 rings (SSSR count). The summed E-state index contributed by atoms with van der Waals surface area (Å²) in [5, 5.41) is 2.80. The van der Waals surface area contributed by atoms with E-state index in [1.54, 1.807) is 31.4 Å². The average Bonchev–Trinajstić information content (AvgIpc) is 3.26. The van der Waals surface area contributed by atoms with Gasteiger partial charge in [-0.25, -0.2) is 9.59 Å². The molecule has 1 aliphatic heterocycles. The van der Waals surface area contributed by atoms with Crippen LogP contribution in [0.25, 0.3) is 0 Å². The quantitative estimate of drug-likeness (QED) is 0.618. The molecule has 1 saturated heterocycles. The van der Waals surface area contributed by atoms with Crippen LogP contribution in [0, 0.1) is 0 Å². The van der Waals surface area contributed by atoms with Gasteiger partial charge in [0.25, 0.3) is 5.91 Å². The first-order valence-corrected chi connectivity index (χ1v) is 8.41. The van der Waals surface area contributed by atoms with E-state index < -0.39 is 17.5 Å². The summed E-state index contributed by atoms with van der Waals surface area (Å²) in [6, 6.07) is 9.45. The number of carbonyl (C=O) groups excluding carboxylic acids is 3. The Morgan fingerprint density at radius 2 is 1.85 bits per heavy atom. The summed E-state index contributed by atoms with van der Waals surface area (Å²) < 4.78 is 15.1. The van der Waals surface area contributed by atoms with Crippen LogP contribution >= 0.6 is 0 Å². The fraction of sp³-hybridized carbons (Fsp3) is 0.316. The summed E-state index contributed by atoms with van der Waals surface area (Å²) in [5.74, 6) is -0.0303. The maximum absolute atomic E-state index is 13.1. The smallest absolute Gasteiger partial charge is 0.373 e. The van der Waals surface area contributed by atoms with Gasteiger partial charge < -0.3 is 19.2 Å². The van der Waals surface area contributed by atoms with Crippen LogP contribution in [0.5, 0.6) is 5.75 Å². The molecule has 27 heavy (non-hydrogen) atoms. The van der Waals surface area contributed by atoms with E-state index in [4.69, 9.17) is 9.15 Å². The molecule has 3 amide bonds. The van der Waals surface area contributed by atoms with Gasteiger partial charge in [0, 0.05) is 0 Å². The summed E-state index contributed by atoms with van der Waals surface area (Å²) in [4.78, 5) is 38.2. The van der Waals surface area contributed by atoms with Crippen molar-refractivity contribution in [2.24, 2.45) is 0 Å². The number of nitrogens with one attached hydrogen (secondary N) is 1. The Bertz CT molecular complexity index is 873. The summed E-state index contributed by atoms with van der Waals surface area (Å²) in [7, 11) is 2.80. The van der Waals surface area contributed by atoms with E-state index in [2.05, 4.69) is 10.1 Å². The van der Waals surface area contributed by atoms with Crippen LogP contribution in [0.4, 0.5) is 4.79 Å². The second kappa shape index (κ2) is 7.14. The Hall–Kier alpha value is -3.29. The van der Waals surface area contributed by atoms with E-state index in [0.717, 1.165) is 4.90 Å². The van der Waals surface area contributed by atoms with E-state index >= 15 is 0 Å². The number of furan rings is 1. The molecular formula is C19H20N2O6. The second-order valence-electron chi connectivity index (χ2n) is 6.07. The number of rotatable bonds is 6. The number of nitrogens with zero attached hydrogens (tertiary/aromatic N) is 1. The van der Waals surface area contributed by atoms with Gasteiger partial charge in [0.05, 0.1) is 20.8 Å². The minimum Gasteiger partial charge on any atom is -0.497 e. The first-order valence-electron chi connectivity index (χ1n) is 8.41. The van der Waals surface area contributed by atoms with E-state index in [-0.39, 0.29) is 18.2 Å². The Balaban J connectivity index is 1.86. The Morgan fingerprint density at radius 3 is 2.44 bits per heavy atom. The number of hydrogen-bond acceptors (Lipinski definition) is 6. The zero-order valence-electron chi connectivity index (χ0n) is 15.3. The van der Waals surface area contributed by atoms with E-state index in [1.807, 2.05) is 6.92 Å². The molecule has 1 atom stereocenters. The number of benzene rings is 1. The average molecular weight is 372 g/mol. The maximum Gasteiger partial charge on any atom is 0.373 e. The lowest BCUT2D eigenvalue weighted by atomic mass is 9.87. The molecule has 8 nitrogen and oxygen atoms in total. The fourth-order valence-electron chi connectivity index (χ4n) is 3.11. The van der Waals surface area contributed by atoms with Crippen molar-refractivity contribution in [2.45, 2.75) is 25.4 Å². The lowest BCUT2D eigenvalue weighted by Gasteiger charge is -2.25. The number of carbonyl (C=O) groups is 3. The van der Waals surface area contributed by atoms with Crippen LogP contribution < -0.4 is 10.1 Å². The van der Waals surface area contributed by atoms with Gasteiger partial charge in [0.1, 0.15) is 17.0 Å². The molecule has 2 aromatic rings. The Kier molecular flexibility index (Phi) is 4.89. The van der Waals surface area contributed by atoms with Crippen molar-refractivity contribution in [1.82, 2.24) is 10.2 Å². The molecular weight excluding hydrogens is 352 g/mol. The molecule has 1 aromatic carbocycles. The third-order valence-corrected chi connectivity index (χ3v) is 4.65. The topological polar surface area (TPSA) is 98.1 Å². The molecule has 1 fully saturated rings. The van der Waals surface area contributed by atoms with Crippen LogP contribution in [0.3, 0.4) is 0 Å². The van der Waals surface area contributed by atoms with Crippen LogP contribution in [0.2, 0.25) is 0 Å². The molecule has 1 aromatic heterocycles. The monoisotopic (exact) mass is 372 g/mol. The molecule has 0 unspecified atom stereocenters. The summed E-state index contributed by atoms with van der Waals surface area (Å²) in [6.07, 6.45) is 0.381. The molecule has 0 saturated carbocycles. The summed E-state index contributed by atoms with van der Waals surface area (Å²) in [5.41, 5.74) is -0.484. The third kappa shape index (κ3) is 3.14. The van der Waals surface area contributed by atoms with Crippen molar-refractivity contribution in [3.8, 4) is 5.75 Å². The zero-order valence-corrected chi connectivity index (χ0v) is 15.3. The normalized spacial score (nSPS) is 19.1. The van der Waals surface area contributed by atoms with E-state index in [0.29, 0.717) is 23.5 Å². The van der Waals surface area contributed by atoms with Crippen molar-refractivity contribution in [3.63, 3.8) is 0 Å². The lowest BCUT2D eigenvalue weighted by molar-refractivity contribution is -0.132. The minimum atomic E-state index is -1.15. The molecule has 0 aliphatic carbocycles. The second-order valence-corrected chi connectivity index (χ2v) is 6.07. The van der Waals surface area contributed by atoms with Crippen LogP contribution in [0.1, 0.15) is 35.2 Å². The number of imide groups is 1. The van der Waals surface area contributed by atoms with Crippen LogP contribution in [0.15, 0.2) is 40.8 Å². The van der Waals surface area contributed by atoms with Gasteiger partial charge in [-0.3, -0.25) is 9.69 Å². The van der Waals surface area contributed by atoms with Crippen molar-refractivity contribution in [2.75, 3.05) is 14.2 Å². The number of hydrogen-bond donors (Lipinski definition) is 1. The van der Waals surface area contributed by atoms with Crippen molar-refractivity contribution < 1.29 is 28.3 Å². The van der Waals surface area contributed by atoms with Crippen molar-refractivity contribution in [3.05, 3.63) is 53.5 Å². The van der Waals surface area contributed by atoms with Crippen LogP contribution in [-0.4, -0.2) is 37.0 Å². The predicted molar refractivity (Wildman–Crippen MR) is 94.1 cm³/mol.